The zero-order valence-electron chi connectivity index (χ0n) is 13.6. The number of benzene rings is 1. The van der Waals surface area contributed by atoms with Gasteiger partial charge in [-0.2, -0.15) is 0 Å². The van der Waals surface area contributed by atoms with Crippen molar-refractivity contribution in [1.82, 2.24) is 14.5 Å². The molecule has 24 heavy (non-hydrogen) atoms. The lowest BCUT2D eigenvalue weighted by atomic mass is 10.0. The first-order valence-electron chi connectivity index (χ1n) is 7.93. The van der Waals surface area contributed by atoms with Crippen LogP contribution in [0.1, 0.15) is 18.0 Å². The van der Waals surface area contributed by atoms with Gasteiger partial charge in [0.15, 0.2) is 11.6 Å². The zero-order valence-corrected chi connectivity index (χ0v) is 13.6. The van der Waals surface area contributed by atoms with Crippen LogP contribution in [0.25, 0.3) is 0 Å². The number of hydrogen-bond acceptors (Lipinski definition) is 4. The predicted octanol–water partition coefficient (Wildman–Crippen LogP) is 1.28. The van der Waals surface area contributed by atoms with Gasteiger partial charge in [0.2, 0.25) is 5.91 Å². The van der Waals surface area contributed by atoms with Crippen molar-refractivity contribution in [3.63, 3.8) is 0 Å². The van der Waals surface area contributed by atoms with Gasteiger partial charge in [0.05, 0.1) is 25.0 Å². The molecule has 0 spiro atoms. The molecule has 0 radical (unpaired) electrons. The van der Waals surface area contributed by atoms with Crippen LogP contribution in [0.15, 0.2) is 36.8 Å². The number of carbonyl (C=O) groups excluding carboxylic acids is 1. The number of aryl methyl sites for hydroxylation is 1. The number of rotatable bonds is 5. The molecule has 2 aromatic rings. The van der Waals surface area contributed by atoms with Gasteiger partial charge in [-0.25, -0.2) is 9.37 Å². The standard InChI is InChI=1S/C17H21FN4O2/c1-21-10-15(20-11-21)12-8-22(9-14(12)19)17(23)6-7-24-16-5-3-2-4-13(16)18/h2-5,10-12,14H,6-9,19H2,1H3/t12-,14-/m1/s1. The van der Waals surface area contributed by atoms with Crippen molar-refractivity contribution in [2.24, 2.45) is 12.8 Å². The summed E-state index contributed by atoms with van der Waals surface area (Å²) in [6.45, 7) is 1.19. The number of nitrogens with two attached hydrogens (primary N) is 1. The smallest absolute Gasteiger partial charge is 0.226 e. The number of amides is 1. The maximum atomic E-state index is 13.5. The largest absolute Gasteiger partial charge is 0.490 e. The van der Waals surface area contributed by atoms with Gasteiger partial charge in [-0.15, -0.1) is 0 Å². The molecule has 1 saturated heterocycles. The Morgan fingerprint density at radius 1 is 1.42 bits per heavy atom. The SMILES string of the molecule is Cn1cnc([C@@H]2CN(C(=O)CCOc3ccccc3F)C[C@H]2N)c1. The second-order valence-corrected chi connectivity index (χ2v) is 6.06. The van der Waals surface area contributed by atoms with Crippen LogP contribution in [-0.2, 0) is 11.8 Å². The first kappa shape index (κ1) is 16.4. The highest BCUT2D eigenvalue weighted by Gasteiger charge is 2.34. The van der Waals surface area contributed by atoms with Crippen LogP contribution in [0.5, 0.6) is 5.75 Å². The number of likely N-dealkylation sites (tertiary alicyclic amines) is 1. The predicted molar refractivity (Wildman–Crippen MR) is 87.0 cm³/mol. The van der Waals surface area contributed by atoms with E-state index in [1.807, 2.05) is 17.8 Å². The van der Waals surface area contributed by atoms with Gasteiger partial charge in [-0.1, -0.05) is 12.1 Å². The maximum Gasteiger partial charge on any atom is 0.226 e. The summed E-state index contributed by atoms with van der Waals surface area (Å²) in [5.41, 5.74) is 7.07. The minimum absolute atomic E-state index is 0.0415. The van der Waals surface area contributed by atoms with E-state index in [0.29, 0.717) is 13.1 Å². The van der Waals surface area contributed by atoms with E-state index in [1.54, 1.807) is 29.4 Å². The van der Waals surface area contributed by atoms with Crippen molar-refractivity contribution >= 4 is 5.91 Å². The molecule has 1 aromatic heterocycles. The fourth-order valence-corrected chi connectivity index (χ4v) is 2.94. The van der Waals surface area contributed by atoms with Gasteiger partial charge < -0.3 is 19.9 Å². The topological polar surface area (TPSA) is 73.4 Å². The van der Waals surface area contributed by atoms with Crippen LogP contribution in [-0.4, -0.2) is 46.1 Å². The van der Waals surface area contributed by atoms with E-state index in [1.165, 1.54) is 6.07 Å². The van der Waals surface area contributed by atoms with E-state index in [4.69, 9.17) is 10.5 Å². The number of ether oxygens (including phenoxy) is 1. The van der Waals surface area contributed by atoms with Crippen molar-refractivity contribution < 1.29 is 13.9 Å². The molecule has 0 saturated carbocycles. The number of carbonyl (C=O) groups is 1. The van der Waals surface area contributed by atoms with Crippen molar-refractivity contribution in [2.75, 3.05) is 19.7 Å². The van der Waals surface area contributed by atoms with Crippen molar-refractivity contribution in [3.8, 4) is 5.75 Å². The monoisotopic (exact) mass is 332 g/mol. The van der Waals surface area contributed by atoms with Crippen LogP contribution in [0, 0.1) is 5.82 Å². The average Bonchev–Trinajstić information content (AvgIpc) is 3.15. The summed E-state index contributed by atoms with van der Waals surface area (Å²) >= 11 is 0. The van der Waals surface area contributed by atoms with E-state index in [0.717, 1.165) is 5.69 Å². The summed E-state index contributed by atoms with van der Waals surface area (Å²) < 4.78 is 20.7. The molecule has 0 unspecified atom stereocenters. The highest BCUT2D eigenvalue weighted by molar-refractivity contribution is 5.77. The Labute approximate surface area is 140 Å². The summed E-state index contributed by atoms with van der Waals surface area (Å²) in [7, 11) is 1.90. The Bertz CT molecular complexity index is 718. The number of nitrogens with zero attached hydrogens (tertiary/aromatic N) is 3. The number of aromatic nitrogens is 2. The van der Waals surface area contributed by atoms with E-state index < -0.39 is 5.82 Å². The molecule has 2 atom stereocenters. The van der Waals surface area contributed by atoms with E-state index in [9.17, 15) is 9.18 Å². The molecule has 1 aromatic carbocycles. The Hall–Kier alpha value is -2.41. The van der Waals surface area contributed by atoms with E-state index >= 15 is 0 Å². The van der Waals surface area contributed by atoms with Gasteiger partial charge in [-0.3, -0.25) is 4.79 Å². The summed E-state index contributed by atoms with van der Waals surface area (Å²) in [4.78, 5) is 18.4. The van der Waals surface area contributed by atoms with E-state index in [-0.39, 0.29) is 36.6 Å². The molecule has 1 aliphatic rings. The molecule has 2 heterocycles. The molecule has 128 valence electrons. The minimum Gasteiger partial charge on any atom is -0.490 e. The van der Waals surface area contributed by atoms with E-state index in [2.05, 4.69) is 4.98 Å². The molecule has 7 heteroatoms. The molecule has 2 N–H and O–H groups in total. The van der Waals surface area contributed by atoms with Gasteiger partial charge in [-0.05, 0) is 12.1 Å². The third-order valence-corrected chi connectivity index (χ3v) is 4.23. The minimum atomic E-state index is -0.427. The molecule has 1 aliphatic heterocycles. The lowest BCUT2D eigenvalue weighted by molar-refractivity contribution is -0.130. The molecular formula is C17H21FN4O2. The Balaban J connectivity index is 1.52. The van der Waals surface area contributed by atoms with Gasteiger partial charge in [0.25, 0.3) is 0 Å². The number of para-hydroxylation sites is 1. The first-order valence-corrected chi connectivity index (χ1v) is 7.93. The van der Waals surface area contributed by atoms with Crippen molar-refractivity contribution in [2.45, 2.75) is 18.4 Å². The highest BCUT2D eigenvalue weighted by atomic mass is 19.1. The molecular weight excluding hydrogens is 311 g/mol. The first-order chi connectivity index (χ1) is 11.5. The third kappa shape index (κ3) is 3.56. The van der Waals surface area contributed by atoms with Crippen molar-refractivity contribution in [1.29, 1.82) is 0 Å². The Morgan fingerprint density at radius 3 is 2.92 bits per heavy atom. The summed E-state index contributed by atoms with van der Waals surface area (Å²) in [5, 5.41) is 0. The van der Waals surface area contributed by atoms with Crippen LogP contribution < -0.4 is 10.5 Å². The second kappa shape index (κ2) is 7.00. The van der Waals surface area contributed by atoms with Crippen LogP contribution in [0.3, 0.4) is 0 Å². The Morgan fingerprint density at radius 2 is 2.21 bits per heavy atom. The zero-order chi connectivity index (χ0) is 17.1. The van der Waals surface area contributed by atoms with Crippen LogP contribution in [0.4, 0.5) is 4.39 Å². The number of halogens is 1. The molecule has 0 aliphatic carbocycles. The lowest BCUT2D eigenvalue weighted by Crippen LogP contribution is -2.32. The molecule has 6 nitrogen and oxygen atoms in total. The quantitative estimate of drug-likeness (QED) is 0.895. The maximum absolute atomic E-state index is 13.5. The van der Waals surface area contributed by atoms with Gasteiger partial charge in [0, 0.05) is 38.3 Å². The fourth-order valence-electron chi connectivity index (χ4n) is 2.94. The lowest BCUT2D eigenvalue weighted by Gasteiger charge is -2.16. The molecule has 3 rings (SSSR count). The Kier molecular flexibility index (Phi) is 4.80. The molecule has 1 fully saturated rings. The van der Waals surface area contributed by atoms with Gasteiger partial charge in [0.1, 0.15) is 0 Å². The molecule has 1 amide bonds. The van der Waals surface area contributed by atoms with Gasteiger partial charge >= 0.3 is 0 Å². The second-order valence-electron chi connectivity index (χ2n) is 6.06. The average molecular weight is 332 g/mol. The van der Waals surface area contributed by atoms with Crippen LogP contribution in [0.2, 0.25) is 0 Å². The summed E-state index contributed by atoms with van der Waals surface area (Å²) in [6.07, 6.45) is 3.85. The van der Waals surface area contributed by atoms with Crippen LogP contribution >= 0.6 is 0 Å². The molecule has 0 bridgehead atoms. The number of imidazole rings is 1. The summed E-state index contributed by atoms with van der Waals surface area (Å²) in [5.74, 6) is -0.263. The van der Waals surface area contributed by atoms with Crippen molar-refractivity contribution in [3.05, 3.63) is 48.3 Å². The number of hydrogen-bond donors (Lipinski definition) is 1. The summed E-state index contributed by atoms with van der Waals surface area (Å²) in [6, 6.07) is 6.03. The highest BCUT2D eigenvalue weighted by Crippen LogP contribution is 2.25. The third-order valence-electron chi connectivity index (χ3n) is 4.23. The normalized spacial score (nSPS) is 20.4. The fraction of sp³-hybridized carbons (Fsp3) is 0.412.